The van der Waals surface area contributed by atoms with E-state index in [9.17, 15) is 9.59 Å². The van der Waals surface area contributed by atoms with Crippen molar-refractivity contribution < 1.29 is 19.1 Å². The standard InChI is InChI=1S/C12H23NO4/c1-11(2,3)16-8-9(7-14)13-10(15)17-12(4,5)6/h7,9H,8H2,1-6H3,(H,13,15). The van der Waals surface area contributed by atoms with Crippen molar-refractivity contribution in [2.24, 2.45) is 0 Å². The maximum Gasteiger partial charge on any atom is 0.408 e. The largest absolute Gasteiger partial charge is 0.444 e. The Labute approximate surface area is 103 Å². The van der Waals surface area contributed by atoms with Gasteiger partial charge in [0.1, 0.15) is 17.9 Å². The summed E-state index contributed by atoms with van der Waals surface area (Å²) in [5.41, 5.74) is -0.931. The molecule has 0 rings (SSSR count). The lowest BCUT2D eigenvalue weighted by Gasteiger charge is -2.24. The van der Waals surface area contributed by atoms with Crippen molar-refractivity contribution in [3.05, 3.63) is 0 Å². The first-order valence-electron chi connectivity index (χ1n) is 5.62. The molecule has 0 fully saturated rings. The number of rotatable bonds is 4. The van der Waals surface area contributed by atoms with E-state index in [1.165, 1.54) is 0 Å². The fraction of sp³-hybridized carbons (Fsp3) is 0.833. The Morgan fingerprint density at radius 3 is 2.06 bits per heavy atom. The SMILES string of the molecule is CC(C)(C)OCC(C=O)NC(=O)OC(C)(C)C. The van der Waals surface area contributed by atoms with Crippen molar-refractivity contribution in [2.45, 2.75) is 58.8 Å². The molecule has 5 nitrogen and oxygen atoms in total. The number of nitrogens with one attached hydrogen (secondary N) is 1. The molecule has 1 N–H and O–H groups in total. The first-order chi connectivity index (χ1) is 7.53. The van der Waals surface area contributed by atoms with Gasteiger partial charge >= 0.3 is 6.09 Å². The summed E-state index contributed by atoms with van der Waals surface area (Å²) in [7, 11) is 0. The zero-order valence-corrected chi connectivity index (χ0v) is 11.5. The average molecular weight is 245 g/mol. The number of aldehydes is 1. The van der Waals surface area contributed by atoms with E-state index < -0.39 is 17.7 Å². The number of alkyl carbamates (subject to hydrolysis) is 1. The van der Waals surface area contributed by atoms with Gasteiger partial charge in [0, 0.05) is 0 Å². The van der Waals surface area contributed by atoms with Crippen LogP contribution in [0.25, 0.3) is 0 Å². The zero-order valence-electron chi connectivity index (χ0n) is 11.5. The van der Waals surface area contributed by atoms with Gasteiger partial charge < -0.3 is 19.6 Å². The second-order valence-electron chi connectivity index (χ2n) is 5.81. The van der Waals surface area contributed by atoms with E-state index in [4.69, 9.17) is 9.47 Å². The molecular formula is C12H23NO4. The number of hydrogen-bond acceptors (Lipinski definition) is 4. The van der Waals surface area contributed by atoms with Crippen molar-refractivity contribution in [1.29, 1.82) is 0 Å². The van der Waals surface area contributed by atoms with Gasteiger partial charge in [-0.05, 0) is 41.5 Å². The molecule has 0 aliphatic heterocycles. The number of carbonyl (C=O) groups excluding carboxylic acids is 2. The smallest absolute Gasteiger partial charge is 0.408 e. The molecule has 0 radical (unpaired) electrons. The van der Waals surface area contributed by atoms with Crippen LogP contribution in [-0.2, 0) is 14.3 Å². The Morgan fingerprint density at radius 1 is 1.18 bits per heavy atom. The number of hydrogen-bond donors (Lipinski definition) is 1. The summed E-state index contributed by atoms with van der Waals surface area (Å²) in [6.45, 7) is 11.0. The molecule has 1 atom stereocenters. The minimum Gasteiger partial charge on any atom is -0.444 e. The van der Waals surface area contributed by atoms with E-state index in [0.717, 1.165) is 0 Å². The maximum atomic E-state index is 11.4. The molecule has 0 aromatic heterocycles. The number of amides is 1. The molecule has 0 aliphatic rings. The third kappa shape index (κ3) is 9.81. The van der Waals surface area contributed by atoms with E-state index in [1.54, 1.807) is 20.8 Å². The summed E-state index contributed by atoms with van der Waals surface area (Å²) in [5.74, 6) is 0. The summed E-state index contributed by atoms with van der Waals surface area (Å²) in [4.78, 5) is 22.2. The third-order valence-electron chi connectivity index (χ3n) is 1.56. The van der Waals surface area contributed by atoms with E-state index in [1.807, 2.05) is 20.8 Å². The molecule has 5 heteroatoms. The van der Waals surface area contributed by atoms with Gasteiger partial charge in [0.05, 0.1) is 12.2 Å². The minimum absolute atomic E-state index is 0.131. The van der Waals surface area contributed by atoms with Crippen LogP contribution in [0.2, 0.25) is 0 Å². The molecule has 0 saturated heterocycles. The highest BCUT2D eigenvalue weighted by molar-refractivity contribution is 5.73. The predicted molar refractivity (Wildman–Crippen MR) is 64.9 cm³/mol. The molecule has 0 aromatic rings. The third-order valence-corrected chi connectivity index (χ3v) is 1.56. The number of carbonyl (C=O) groups is 2. The second kappa shape index (κ2) is 6.00. The molecular weight excluding hydrogens is 222 g/mol. The van der Waals surface area contributed by atoms with Gasteiger partial charge in [-0.15, -0.1) is 0 Å². The Balaban J connectivity index is 4.14. The van der Waals surface area contributed by atoms with E-state index in [0.29, 0.717) is 6.29 Å². The lowest BCUT2D eigenvalue weighted by molar-refractivity contribution is -0.112. The zero-order chi connectivity index (χ0) is 13.7. The van der Waals surface area contributed by atoms with Gasteiger partial charge in [0.2, 0.25) is 0 Å². The normalized spacial score (nSPS) is 14.0. The maximum absolute atomic E-state index is 11.4. The van der Waals surface area contributed by atoms with Crippen LogP contribution in [0.5, 0.6) is 0 Å². The van der Waals surface area contributed by atoms with E-state index in [2.05, 4.69) is 5.32 Å². The van der Waals surface area contributed by atoms with Gasteiger partial charge in [0.25, 0.3) is 0 Å². The minimum atomic E-state index is -0.691. The second-order valence-corrected chi connectivity index (χ2v) is 5.81. The molecule has 0 aliphatic carbocycles. The summed E-state index contributed by atoms with van der Waals surface area (Å²) < 4.78 is 10.4. The number of ether oxygens (including phenoxy) is 2. The monoisotopic (exact) mass is 245 g/mol. The lowest BCUT2D eigenvalue weighted by atomic mass is 10.2. The van der Waals surface area contributed by atoms with Gasteiger partial charge in [-0.3, -0.25) is 0 Å². The van der Waals surface area contributed by atoms with Gasteiger partial charge in [-0.25, -0.2) is 4.79 Å². The van der Waals surface area contributed by atoms with Gasteiger partial charge in [-0.1, -0.05) is 0 Å². The van der Waals surface area contributed by atoms with Crippen molar-refractivity contribution >= 4 is 12.4 Å². The molecule has 17 heavy (non-hydrogen) atoms. The van der Waals surface area contributed by atoms with Crippen molar-refractivity contribution in [3.63, 3.8) is 0 Å². The van der Waals surface area contributed by atoms with Crippen LogP contribution in [0, 0.1) is 0 Å². The Morgan fingerprint density at radius 2 is 1.71 bits per heavy atom. The quantitative estimate of drug-likeness (QED) is 0.768. The van der Waals surface area contributed by atoms with Crippen LogP contribution in [-0.4, -0.2) is 36.2 Å². The summed E-state index contributed by atoms with van der Waals surface area (Å²) in [6.07, 6.45) is 0.0162. The Bertz CT molecular complexity index is 263. The topological polar surface area (TPSA) is 64.6 Å². The highest BCUT2D eigenvalue weighted by Gasteiger charge is 2.20. The van der Waals surface area contributed by atoms with Crippen LogP contribution in [0.4, 0.5) is 4.79 Å². The van der Waals surface area contributed by atoms with Crippen LogP contribution in [0.1, 0.15) is 41.5 Å². The van der Waals surface area contributed by atoms with Crippen LogP contribution >= 0.6 is 0 Å². The van der Waals surface area contributed by atoms with Crippen molar-refractivity contribution in [2.75, 3.05) is 6.61 Å². The summed E-state index contributed by atoms with van der Waals surface area (Å²) >= 11 is 0. The molecule has 0 saturated carbocycles. The molecule has 0 aromatic carbocycles. The lowest BCUT2D eigenvalue weighted by Crippen LogP contribution is -2.43. The molecule has 0 heterocycles. The molecule has 1 unspecified atom stereocenters. The molecule has 0 bridgehead atoms. The average Bonchev–Trinajstić information content (AvgIpc) is 2.07. The van der Waals surface area contributed by atoms with Crippen molar-refractivity contribution in [3.8, 4) is 0 Å². The highest BCUT2D eigenvalue weighted by Crippen LogP contribution is 2.08. The van der Waals surface area contributed by atoms with Crippen molar-refractivity contribution in [1.82, 2.24) is 5.32 Å². The highest BCUT2D eigenvalue weighted by atomic mass is 16.6. The predicted octanol–water partition coefficient (Wildman–Crippen LogP) is 1.89. The Hall–Kier alpha value is -1.10. The van der Waals surface area contributed by atoms with E-state index in [-0.39, 0.29) is 12.2 Å². The molecule has 100 valence electrons. The van der Waals surface area contributed by atoms with Gasteiger partial charge in [-0.2, -0.15) is 0 Å². The fourth-order valence-corrected chi connectivity index (χ4v) is 0.914. The first kappa shape index (κ1) is 15.9. The van der Waals surface area contributed by atoms with Crippen LogP contribution in [0.3, 0.4) is 0 Å². The Kier molecular flexibility index (Phi) is 5.61. The van der Waals surface area contributed by atoms with Gasteiger partial charge in [0.15, 0.2) is 0 Å². The van der Waals surface area contributed by atoms with Crippen LogP contribution < -0.4 is 5.32 Å². The van der Waals surface area contributed by atoms with Crippen LogP contribution in [0.15, 0.2) is 0 Å². The van der Waals surface area contributed by atoms with E-state index >= 15 is 0 Å². The molecule has 1 amide bonds. The molecule has 0 spiro atoms. The summed E-state index contributed by atoms with van der Waals surface area (Å²) in [6, 6.07) is -0.691. The first-order valence-corrected chi connectivity index (χ1v) is 5.62. The summed E-state index contributed by atoms with van der Waals surface area (Å²) in [5, 5.41) is 2.44. The fourth-order valence-electron chi connectivity index (χ4n) is 0.914.